The van der Waals surface area contributed by atoms with E-state index in [2.05, 4.69) is 171 Å². The molecule has 8 aliphatic carbocycles. The molecule has 1 aromatic heterocycles. The third-order valence-electron chi connectivity index (χ3n) is 20.1. The van der Waals surface area contributed by atoms with Crippen LogP contribution in [0.4, 0.5) is 0 Å². The molecule has 2 heteroatoms. The van der Waals surface area contributed by atoms with Crippen LogP contribution in [-0.4, -0.2) is 5.11 Å². The topological polar surface area (TPSA) is 24.1 Å². The van der Waals surface area contributed by atoms with E-state index in [4.69, 9.17) is 0 Å². The van der Waals surface area contributed by atoms with Crippen molar-refractivity contribution < 1.29 is 9.67 Å². The zero-order valence-electron chi connectivity index (χ0n) is 44.9. The lowest BCUT2D eigenvalue weighted by molar-refractivity contribution is -0.572. The molecule has 0 saturated heterocycles. The first-order chi connectivity index (χ1) is 36.2. The average molecular weight is 975 g/mol. The first-order valence-electron chi connectivity index (χ1n) is 29.7. The van der Waals surface area contributed by atoms with Crippen LogP contribution >= 0.6 is 0 Å². The van der Waals surface area contributed by atoms with Gasteiger partial charge in [0.1, 0.15) is 5.75 Å². The Kier molecular flexibility index (Phi) is 12.8. The van der Waals surface area contributed by atoms with Crippen LogP contribution in [0, 0.1) is 35.5 Å². The molecule has 8 saturated carbocycles. The highest BCUT2D eigenvalue weighted by Crippen LogP contribution is 2.62. The van der Waals surface area contributed by atoms with E-state index in [1.54, 1.807) is 11.1 Å². The summed E-state index contributed by atoms with van der Waals surface area (Å²) in [5.74, 6) is 5.74. The summed E-state index contributed by atoms with van der Waals surface area (Å²) >= 11 is 0. The van der Waals surface area contributed by atoms with E-state index < -0.39 is 0 Å². The molecular weight excluding hydrogens is 895 g/mol. The van der Waals surface area contributed by atoms with Gasteiger partial charge < -0.3 is 5.11 Å². The molecule has 0 atom stereocenters. The highest BCUT2D eigenvalue weighted by Gasteiger charge is 2.53. The number of hydrogen-bond acceptors (Lipinski definition) is 1. The normalized spacial score (nSPS) is 26.3. The monoisotopic (exact) mass is 975 g/mol. The molecule has 8 fully saturated rings. The number of hydrogen-bond donors (Lipinski definition) is 1. The van der Waals surface area contributed by atoms with Crippen molar-refractivity contribution in [3.8, 4) is 67.3 Å². The van der Waals surface area contributed by atoms with E-state index in [9.17, 15) is 5.11 Å². The Morgan fingerprint density at radius 3 is 1.07 bits per heavy atom. The molecule has 8 bridgehead atoms. The maximum Gasteiger partial charge on any atom is 0.219 e. The van der Waals surface area contributed by atoms with E-state index in [0.717, 1.165) is 89.1 Å². The lowest BCUT2D eigenvalue weighted by Gasteiger charge is -2.57. The lowest BCUT2D eigenvalue weighted by Crippen LogP contribution is -2.48. The van der Waals surface area contributed by atoms with Gasteiger partial charge in [-0.15, -0.1) is 0 Å². The maximum atomic E-state index is 12.7. The van der Waals surface area contributed by atoms with Crippen molar-refractivity contribution in [1.29, 1.82) is 0 Å². The number of aromatic nitrogens is 1. The molecule has 0 aliphatic heterocycles. The minimum Gasteiger partial charge on any atom is -0.507 e. The number of nitrogens with zero attached hydrogens (tertiary/aromatic N) is 1. The van der Waals surface area contributed by atoms with Gasteiger partial charge in [0.25, 0.3) is 0 Å². The fraction of sp³-hybridized carbons (Fsp3) is 0.431. The SMILES string of the molecule is CCCCc1ccc(-c2cc(-c3ccc(C45CC6CC(CC(C6)C4)C5)cc3)[n+](-c3cc(-c4ccc(CCC)cc4)c(O)c(-c4ccc(CCCC)cc4)c3)c(-c3ccc(C45CC6CC(CC(C6)C4)C5)cc3)c2)cc1. The quantitative estimate of drug-likeness (QED) is 0.0959. The first kappa shape index (κ1) is 47.9. The van der Waals surface area contributed by atoms with Crippen LogP contribution in [0.3, 0.4) is 0 Å². The summed E-state index contributed by atoms with van der Waals surface area (Å²) in [5.41, 5.74) is 20.0. The van der Waals surface area contributed by atoms with Crippen molar-refractivity contribution in [3.63, 3.8) is 0 Å². The van der Waals surface area contributed by atoms with Crippen LogP contribution in [-0.2, 0) is 30.1 Å². The largest absolute Gasteiger partial charge is 0.507 e. The van der Waals surface area contributed by atoms with Gasteiger partial charge in [-0.05, 0) is 230 Å². The van der Waals surface area contributed by atoms with Crippen molar-refractivity contribution in [1.82, 2.24) is 0 Å². The molecule has 2 nitrogen and oxygen atoms in total. The summed E-state index contributed by atoms with van der Waals surface area (Å²) in [5, 5.41) is 12.7. The molecule has 0 radical (unpaired) electrons. The van der Waals surface area contributed by atoms with Crippen molar-refractivity contribution in [2.45, 2.75) is 160 Å². The molecule has 1 N–H and O–H groups in total. The zero-order chi connectivity index (χ0) is 50.0. The third kappa shape index (κ3) is 8.98. The molecular formula is C72H80NO+. The molecule has 6 aromatic carbocycles. The predicted molar refractivity (Wildman–Crippen MR) is 308 cm³/mol. The minimum absolute atomic E-state index is 0.327. The average Bonchev–Trinajstić information content (AvgIpc) is 3.42. The van der Waals surface area contributed by atoms with Gasteiger partial charge in [-0.25, -0.2) is 0 Å². The summed E-state index contributed by atoms with van der Waals surface area (Å²) in [7, 11) is 0. The summed E-state index contributed by atoms with van der Waals surface area (Å²) in [6, 6.07) is 57.0. The van der Waals surface area contributed by atoms with E-state index in [1.165, 1.54) is 153 Å². The van der Waals surface area contributed by atoms with Crippen LogP contribution in [0.25, 0.3) is 61.6 Å². The molecule has 74 heavy (non-hydrogen) atoms. The second-order valence-electron chi connectivity index (χ2n) is 25.3. The van der Waals surface area contributed by atoms with Gasteiger partial charge in [0.2, 0.25) is 17.1 Å². The zero-order valence-corrected chi connectivity index (χ0v) is 44.9. The highest BCUT2D eigenvalue weighted by molar-refractivity contribution is 5.85. The summed E-state index contributed by atoms with van der Waals surface area (Å²) in [4.78, 5) is 0. The van der Waals surface area contributed by atoms with Gasteiger partial charge in [0.05, 0.1) is 0 Å². The number of benzene rings is 6. The minimum atomic E-state index is 0.327. The number of aryl methyl sites for hydroxylation is 3. The van der Waals surface area contributed by atoms with E-state index in [-0.39, 0.29) is 0 Å². The van der Waals surface area contributed by atoms with Crippen LogP contribution in [0.15, 0.2) is 146 Å². The van der Waals surface area contributed by atoms with Gasteiger partial charge in [-0.3, -0.25) is 0 Å². The third-order valence-corrected chi connectivity index (χ3v) is 20.1. The van der Waals surface area contributed by atoms with E-state index >= 15 is 0 Å². The van der Waals surface area contributed by atoms with Crippen molar-refractivity contribution in [2.24, 2.45) is 35.5 Å². The Morgan fingerprint density at radius 1 is 0.378 bits per heavy atom. The predicted octanol–water partition coefficient (Wildman–Crippen LogP) is 18.6. The summed E-state index contributed by atoms with van der Waals surface area (Å²) in [6.45, 7) is 6.80. The van der Waals surface area contributed by atoms with Crippen LogP contribution in [0.5, 0.6) is 5.75 Å². The smallest absolute Gasteiger partial charge is 0.219 e. The van der Waals surface area contributed by atoms with Crippen molar-refractivity contribution in [2.75, 3.05) is 0 Å². The number of unbranched alkanes of at least 4 members (excludes halogenated alkanes) is 2. The first-order valence-corrected chi connectivity index (χ1v) is 29.7. The van der Waals surface area contributed by atoms with Gasteiger partial charge in [0.15, 0.2) is 0 Å². The number of pyridine rings is 1. The Hall–Kier alpha value is -5.73. The van der Waals surface area contributed by atoms with Crippen LogP contribution in [0.1, 0.15) is 158 Å². The Labute approximate surface area is 443 Å². The Bertz CT molecular complexity index is 2940. The standard InChI is InChI=1S/C72H79NO/c1-4-7-10-49-12-18-57(19-13-49)62-38-68(60-24-28-63(29-25-60)71-42-51-32-52(43-71)34-53(33-51)44-71)73(69(39-62)61-26-30-64(31-27-61)72-45-54-35-55(46-72)37-56(36-54)47-72)65-40-66(58-20-14-48(9-6-3)15-21-58)70(74)67(41-65)59-22-16-50(17-23-59)11-8-5-2/h12-31,38-41,51-56H,4-11,32-37,42-47H2,1-3H3/p+1. The molecule has 8 aliphatic rings. The van der Waals surface area contributed by atoms with Crippen LogP contribution < -0.4 is 4.57 Å². The number of aromatic hydroxyl groups is 1. The second-order valence-corrected chi connectivity index (χ2v) is 25.3. The maximum absolute atomic E-state index is 12.7. The van der Waals surface area contributed by atoms with Gasteiger partial charge in [-0.2, -0.15) is 4.57 Å². The van der Waals surface area contributed by atoms with Crippen molar-refractivity contribution >= 4 is 0 Å². The molecule has 378 valence electrons. The summed E-state index contributed by atoms with van der Waals surface area (Å²) in [6.07, 6.45) is 26.0. The van der Waals surface area contributed by atoms with Gasteiger partial charge in [0, 0.05) is 46.5 Å². The summed E-state index contributed by atoms with van der Waals surface area (Å²) < 4.78 is 2.56. The van der Waals surface area contributed by atoms with E-state index in [0.29, 0.717) is 16.6 Å². The number of phenolic OH excluding ortho intramolecular Hbond substituents is 1. The fourth-order valence-corrected chi connectivity index (χ4v) is 17.2. The van der Waals surface area contributed by atoms with Gasteiger partial charge in [-0.1, -0.05) is 137 Å². The molecule has 1 heterocycles. The van der Waals surface area contributed by atoms with Crippen molar-refractivity contribution in [3.05, 3.63) is 173 Å². The molecule has 7 aromatic rings. The number of rotatable bonds is 16. The molecule has 0 spiro atoms. The number of phenols is 1. The van der Waals surface area contributed by atoms with Crippen LogP contribution in [0.2, 0.25) is 0 Å². The second kappa shape index (κ2) is 19.8. The molecule has 0 unspecified atom stereocenters. The Balaban J connectivity index is 1.02. The van der Waals surface area contributed by atoms with Gasteiger partial charge >= 0.3 is 0 Å². The lowest BCUT2D eigenvalue weighted by atomic mass is 9.48. The Morgan fingerprint density at radius 2 is 0.716 bits per heavy atom. The molecule has 15 rings (SSSR count). The fourth-order valence-electron chi connectivity index (χ4n) is 17.2. The molecule has 0 amide bonds. The highest BCUT2D eigenvalue weighted by atomic mass is 16.3. The van der Waals surface area contributed by atoms with E-state index in [1.807, 2.05) is 0 Å².